The number of hydrogen-bond acceptors (Lipinski definition) is 2. The van der Waals surface area contributed by atoms with Crippen LogP contribution >= 0.6 is 11.8 Å². The van der Waals surface area contributed by atoms with Crippen molar-refractivity contribution in [2.24, 2.45) is 0 Å². The van der Waals surface area contributed by atoms with Crippen LogP contribution in [0.2, 0.25) is 0 Å². The van der Waals surface area contributed by atoms with Gasteiger partial charge in [-0.1, -0.05) is 19.1 Å². The maximum atomic E-state index is 10.8. The van der Waals surface area contributed by atoms with Gasteiger partial charge in [-0.2, -0.15) is 0 Å². The van der Waals surface area contributed by atoms with E-state index in [1.54, 1.807) is 6.92 Å². The van der Waals surface area contributed by atoms with E-state index in [0.717, 1.165) is 11.3 Å². The Labute approximate surface area is 83.5 Å². The van der Waals surface area contributed by atoms with E-state index in [4.69, 9.17) is 0 Å². The Morgan fingerprint density at radius 3 is 2.38 bits per heavy atom. The maximum Gasteiger partial charge on any atom is 0.134 e. The van der Waals surface area contributed by atoms with Crippen LogP contribution < -0.4 is 0 Å². The molecule has 0 aromatic heterocycles. The Morgan fingerprint density at radius 1 is 1.31 bits per heavy atom. The molecule has 1 aromatic carbocycles. The van der Waals surface area contributed by atoms with Crippen molar-refractivity contribution in [1.82, 2.24) is 0 Å². The Kier molecular flexibility index (Phi) is 4.03. The van der Waals surface area contributed by atoms with Crippen molar-refractivity contribution < 1.29 is 4.79 Å². The minimum absolute atomic E-state index is 0.218. The first kappa shape index (κ1) is 10.3. The monoisotopic (exact) mass is 194 g/mol. The van der Waals surface area contributed by atoms with Gasteiger partial charge in [0, 0.05) is 11.3 Å². The number of thioether (sulfide) groups is 1. The van der Waals surface area contributed by atoms with Crippen molar-refractivity contribution in [3.8, 4) is 0 Å². The molecule has 0 aliphatic heterocycles. The van der Waals surface area contributed by atoms with Crippen LogP contribution in [0.15, 0.2) is 29.2 Å². The van der Waals surface area contributed by atoms with E-state index in [1.807, 2.05) is 23.9 Å². The number of carbonyl (C=O) groups is 1. The van der Waals surface area contributed by atoms with E-state index in [1.165, 1.54) is 4.90 Å². The second kappa shape index (κ2) is 5.07. The predicted molar refractivity (Wildman–Crippen MR) is 57.2 cm³/mol. The SMILES string of the molecule is CCSc1ccc(CC(C)=O)cc1. The van der Waals surface area contributed by atoms with Crippen LogP contribution in [0.25, 0.3) is 0 Å². The minimum atomic E-state index is 0.218. The molecule has 70 valence electrons. The molecule has 0 saturated heterocycles. The average molecular weight is 194 g/mol. The molecule has 0 fully saturated rings. The van der Waals surface area contributed by atoms with Gasteiger partial charge in [-0.15, -0.1) is 11.8 Å². The molecule has 0 saturated carbocycles. The Bertz CT molecular complexity index is 277. The summed E-state index contributed by atoms with van der Waals surface area (Å²) in [5.41, 5.74) is 1.10. The Morgan fingerprint density at radius 2 is 1.92 bits per heavy atom. The highest BCUT2D eigenvalue weighted by Gasteiger charge is 1.97. The zero-order valence-electron chi connectivity index (χ0n) is 8.04. The van der Waals surface area contributed by atoms with Crippen LogP contribution in [0.5, 0.6) is 0 Å². The third kappa shape index (κ3) is 3.64. The third-order valence-electron chi connectivity index (χ3n) is 1.69. The van der Waals surface area contributed by atoms with E-state index in [2.05, 4.69) is 19.1 Å². The molecule has 2 heteroatoms. The number of rotatable bonds is 4. The molecule has 1 nitrogen and oxygen atoms in total. The minimum Gasteiger partial charge on any atom is -0.300 e. The third-order valence-corrected chi connectivity index (χ3v) is 2.58. The van der Waals surface area contributed by atoms with Gasteiger partial charge >= 0.3 is 0 Å². The van der Waals surface area contributed by atoms with E-state index < -0.39 is 0 Å². The topological polar surface area (TPSA) is 17.1 Å². The lowest BCUT2D eigenvalue weighted by molar-refractivity contribution is -0.116. The molecule has 0 unspecified atom stereocenters. The van der Waals surface area contributed by atoms with Crippen molar-refractivity contribution in [3.05, 3.63) is 29.8 Å². The molecule has 0 spiro atoms. The summed E-state index contributed by atoms with van der Waals surface area (Å²) >= 11 is 1.82. The standard InChI is InChI=1S/C11H14OS/c1-3-13-11-6-4-10(5-7-11)8-9(2)12/h4-7H,3,8H2,1-2H3. The lowest BCUT2D eigenvalue weighted by atomic mass is 10.1. The lowest BCUT2D eigenvalue weighted by Crippen LogP contribution is -1.95. The molecule has 1 rings (SSSR count). The molecule has 13 heavy (non-hydrogen) atoms. The fourth-order valence-electron chi connectivity index (χ4n) is 1.16. The normalized spacial score (nSPS) is 10.0. The van der Waals surface area contributed by atoms with Crippen LogP contribution in [0, 0.1) is 0 Å². The Hall–Kier alpha value is -0.760. The van der Waals surface area contributed by atoms with Gasteiger partial charge < -0.3 is 0 Å². The molecule has 0 bridgehead atoms. The van der Waals surface area contributed by atoms with Crippen LogP contribution in [0.3, 0.4) is 0 Å². The number of carbonyl (C=O) groups excluding carboxylic acids is 1. The zero-order chi connectivity index (χ0) is 9.68. The lowest BCUT2D eigenvalue weighted by Gasteiger charge is -2.00. The molecular formula is C11H14OS. The summed E-state index contributed by atoms with van der Waals surface area (Å²) < 4.78 is 0. The molecular weight excluding hydrogens is 180 g/mol. The summed E-state index contributed by atoms with van der Waals surface area (Å²) in [5, 5.41) is 0. The van der Waals surface area contributed by atoms with Crippen molar-refractivity contribution in [2.45, 2.75) is 25.2 Å². The molecule has 0 atom stereocenters. The second-order valence-electron chi connectivity index (χ2n) is 2.96. The van der Waals surface area contributed by atoms with Crippen molar-refractivity contribution >= 4 is 17.5 Å². The predicted octanol–water partition coefficient (Wildman–Crippen LogP) is 2.93. The van der Waals surface area contributed by atoms with Gasteiger partial charge in [0.2, 0.25) is 0 Å². The first-order chi connectivity index (χ1) is 6.22. The first-order valence-electron chi connectivity index (χ1n) is 4.43. The summed E-state index contributed by atoms with van der Waals surface area (Å²) in [6.07, 6.45) is 0.553. The van der Waals surface area contributed by atoms with Crippen LogP contribution in [-0.4, -0.2) is 11.5 Å². The molecule has 1 aromatic rings. The van der Waals surface area contributed by atoms with Gasteiger partial charge in [0.25, 0.3) is 0 Å². The largest absolute Gasteiger partial charge is 0.300 e. The van der Waals surface area contributed by atoms with Crippen molar-refractivity contribution in [2.75, 3.05) is 5.75 Å². The van der Waals surface area contributed by atoms with Gasteiger partial charge in [0.15, 0.2) is 0 Å². The molecule has 0 amide bonds. The van der Waals surface area contributed by atoms with E-state index in [-0.39, 0.29) is 5.78 Å². The second-order valence-corrected chi connectivity index (χ2v) is 4.29. The van der Waals surface area contributed by atoms with Gasteiger partial charge in [0.05, 0.1) is 0 Å². The van der Waals surface area contributed by atoms with Crippen LogP contribution in [0.4, 0.5) is 0 Å². The highest BCUT2D eigenvalue weighted by atomic mass is 32.2. The van der Waals surface area contributed by atoms with Gasteiger partial charge in [0.1, 0.15) is 5.78 Å². The summed E-state index contributed by atoms with van der Waals surface area (Å²) in [5.74, 6) is 1.31. The molecule has 0 aliphatic carbocycles. The number of ketones is 1. The summed E-state index contributed by atoms with van der Waals surface area (Å²) in [4.78, 5) is 12.1. The zero-order valence-corrected chi connectivity index (χ0v) is 8.86. The van der Waals surface area contributed by atoms with Crippen molar-refractivity contribution in [3.63, 3.8) is 0 Å². The highest BCUT2D eigenvalue weighted by Crippen LogP contribution is 2.17. The fraction of sp³-hybridized carbons (Fsp3) is 0.364. The highest BCUT2D eigenvalue weighted by molar-refractivity contribution is 7.99. The Balaban J connectivity index is 2.64. The van der Waals surface area contributed by atoms with Crippen LogP contribution in [0.1, 0.15) is 19.4 Å². The van der Waals surface area contributed by atoms with Gasteiger partial charge in [-0.3, -0.25) is 4.79 Å². The van der Waals surface area contributed by atoms with Gasteiger partial charge in [-0.05, 0) is 30.4 Å². The number of Topliss-reactive ketones (excluding diaryl/α,β-unsaturated/α-hetero) is 1. The number of hydrogen-bond donors (Lipinski definition) is 0. The van der Waals surface area contributed by atoms with Gasteiger partial charge in [-0.25, -0.2) is 0 Å². The molecule has 0 radical (unpaired) electrons. The maximum absolute atomic E-state index is 10.8. The summed E-state index contributed by atoms with van der Waals surface area (Å²) in [6, 6.07) is 8.21. The van der Waals surface area contributed by atoms with E-state index >= 15 is 0 Å². The summed E-state index contributed by atoms with van der Waals surface area (Å²) in [7, 11) is 0. The first-order valence-corrected chi connectivity index (χ1v) is 5.42. The van der Waals surface area contributed by atoms with E-state index in [9.17, 15) is 4.79 Å². The number of benzene rings is 1. The van der Waals surface area contributed by atoms with E-state index in [0.29, 0.717) is 6.42 Å². The quantitative estimate of drug-likeness (QED) is 0.685. The molecule has 0 N–H and O–H groups in total. The van der Waals surface area contributed by atoms with Crippen molar-refractivity contribution in [1.29, 1.82) is 0 Å². The average Bonchev–Trinajstić information content (AvgIpc) is 2.08. The van der Waals surface area contributed by atoms with Crippen LogP contribution in [-0.2, 0) is 11.2 Å². The fourth-order valence-corrected chi connectivity index (χ4v) is 1.82. The molecule has 0 heterocycles. The summed E-state index contributed by atoms with van der Waals surface area (Å²) in [6.45, 7) is 3.75. The molecule has 0 aliphatic rings. The smallest absolute Gasteiger partial charge is 0.134 e.